The van der Waals surface area contributed by atoms with Gasteiger partial charge in [0.15, 0.2) is 0 Å². The van der Waals surface area contributed by atoms with Gasteiger partial charge in [-0.05, 0) is 48.8 Å². The summed E-state index contributed by atoms with van der Waals surface area (Å²) in [7, 11) is 2.06. The van der Waals surface area contributed by atoms with Crippen LogP contribution in [-0.2, 0) is 4.74 Å². The summed E-state index contributed by atoms with van der Waals surface area (Å²) in [5.41, 5.74) is 3.14. The lowest BCUT2D eigenvalue weighted by molar-refractivity contribution is 0.219. The van der Waals surface area contributed by atoms with Gasteiger partial charge in [-0.3, -0.25) is 0 Å². The normalized spacial score (nSPS) is 16.1. The molecule has 116 valence electrons. The number of ether oxygens (including phenoxy) is 1. The first kappa shape index (κ1) is 16.4. The summed E-state index contributed by atoms with van der Waals surface area (Å²) in [6.07, 6.45) is 6.21. The van der Waals surface area contributed by atoms with Crippen molar-refractivity contribution in [2.24, 2.45) is 0 Å². The Labute approximate surface area is 137 Å². The summed E-state index contributed by atoms with van der Waals surface area (Å²) < 4.78 is 5.57. The van der Waals surface area contributed by atoms with Crippen LogP contribution >= 0.6 is 0 Å². The molecule has 0 radical (unpaired) electrons. The SMILES string of the molecule is [C-]#[N+]C(C#N)=C1C=C(C=Cc2ccc(N(C)CC)cc2)OCC1. The van der Waals surface area contributed by atoms with Crippen LogP contribution in [0.4, 0.5) is 5.69 Å². The van der Waals surface area contributed by atoms with Gasteiger partial charge >= 0.3 is 0 Å². The number of rotatable bonds is 4. The molecule has 0 fully saturated rings. The second-order valence-corrected chi connectivity index (χ2v) is 5.18. The van der Waals surface area contributed by atoms with E-state index in [0.29, 0.717) is 18.8 Å². The smallest absolute Gasteiger partial charge is 0.265 e. The van der Waals surface area contributed by atoms with Gasteiger partial charge in [0.05, 0.1) is 19.2 Å². The summed E-state index contributed by atoms with van der Waals surface area (Å²) in [6.45, 7) is 10.6. The van der Waals surface area contributed by atoms with Crippen LogP contribution in [-0.4, -0.2) is 20.2 Å². The van der Waals surface area contributed by atoms with Crippen molar-refractivity contribution >= 4 is 11.8 Å². The summed E-state index contributed by atoms with van der Waals surface area (Å²) in [4.78, 5) is 5.43. The van der Waals surface area contributed by atoms with Crippen LogP contribution in [0.25, 0.3) is 10.9 Å². The largest absolute Gasteiger partial charge is 0.493 e. The lowest BCUT2D eigenvalue weighted by Crippen LogP contribution is -2.15. The Morgan fingerprint density at radius 2 is 2.13 bits per heavy atom. The standard InChI is InChI=1S/C19H19N3O/c1-4-22(3)17-8-5-15(6-9-17)7-10-18-13-16(11-12-23-18)19(14-20)21-2/h5-10,13H,4,11-12H2,1,3H3. The van der Waals surface area contributed by atoms with Crippen LogP contribution in [0.2, 0.25) is 0 Å². The molecule has 0 unspecified atom stereocenters. The minimum Gasteiger partial charge on any atom is -0.493 e. The van der Waals surface area contributed by atoms with Gasteiger partial charge in [0.1, 0.15) is 5.76 Å². The van der Waals surface area contributed by atoms with E-state index in [0.717, 1.165) is 17.7 Å². The minimum absolute atomic E-state index is 0.145. The third-order valence-electron chi connectivity index (χ3n) is 3.73. The minimum atomic E-state index is 0.145. The van der Waals surface area contributed by atoms with Crippen molar-refractivity contribution in [3.63, 3.8) is 0 Å². The van der Waals surface area contributed by atoms with Gasteiger partial charge in [0, 0.05) is 19.3 Å². The first-order valence-electron chi connectivity index (χ1n) is 7.52. The molecule has 2 rings (SSSR count). The van der Waals surface area contributed by atoms with E-state index in [1.54, 1.807) is 6.08 Å². The van der Waals surface area contributed by atoms with Crippen molar-refractivity contribution in [1.29, 1.82) is 5.26 Å². The molecule has 0 aliphatic carbocycles. The third-order valence-corrected chi connectivity index (χ3v) is 3.73. The third kappa shape index (κ3) is 4.25. The van der Waals surface area contributed by atoms with Gasteiger partial charge in [0.25, 0.3) is 5.70 Å². The molecule has 0 saturated carbocycles. The van der Waals surface area contributed by atoms with Crippen LogP contribution in [0.15, 0.2) is 53.4 Å². The van der Waals surface area contributed by atoms with Crippen LogP contribution < -0.4 is 4.90 Å². The molecule has 0 spiro atoms. The Balaban J connectivity index is 2.15. The molecule has 0 saturated heterocycles. The quantitative estimate of drug-likeness (QED) is 0.619. The molecule has 0 N–H and O–H groups in total. The zero-order valence-electron chi connectivity index (χ0n) is 13.4. The number of hydrogen-bond donors (Lipinski definition) is 0. The summed E-state index contributed by atoms with van der Waals surface area (Å²) in [5.74, 6) is 0.678. The Bertz CT molecular complexity index is 711. The topological polar surface area (TPSA) is 40.6 Å². The van der Waals surface area contributed by atoms with Crippen LogP contribution in [0, 0.1) is 17.9 Å². The van der Waals surface area contributed by atoms with Gasteiger partial charge < -0.3 is 9.64 Å². The molecule has 1 aliphatic heterocycles. The Morgan fingerprint density at radius 1 is 1.39 bits per heavy atom. The van der Waals surface area contributed by atoms with E-state index in [9.17, 15) is 0 Å². The van der Waals surface area contributed by atoms with Gasteiger partial charge in [-0.15, -0.1) is 0 Å². The second-order valence-electron chi connectivity index (χ2n) is 5.18. The van der Waals surface area contributed by atoms with E-state index in [-0.39, 0.29) is 5.70 Å². The molecule has 4 heteroatoms. The van der Waals surface area contributed by atoms with Crippen molar-refractivity contribution in [2.45, 2.75) is 13.3 Å². The Kier molecular flexibility index (Phi) is 5.61. The van der Waals surface area contributed by atoms with Gasteiger partial charge in [-0.25, -0.2) is 10.1 Å². The fraction of sp³-hybridized carbons (Fsp3) is 0.263. The fourth-order valence-corrected chi connectivity index (χ4v) is 2.22. The van der Waals surface area contributed by atoms with E-state index in [1.165, 1.54) is 5.69 Å². The predicted octanol–water partition coefficient (Wildman–Crippen LogP) is 4.16. The first-order valence-corrected chi connectivity index (χ1v) is 7.52. The van der Waals surface area contributed by atoms with Crippen molar-refractivity contribution in [2.75, 3.05) is 25.1 Å². The van der Waals surface area contributed by atoms with Gasteiger partial charge in [-0.2, -0.15) is 0 Å². The molecule has 0 atom stereocenters. The zero-order valence-corrected chi connectivity index (χ0v) is 13.4. The van der Waals surface area contributed by atoms with E-state index < -0.39 is 0 Å². The van der Waals surface area contributed by atoms with Crippen LogP contribution in [0.3, 0.4) is 0 Å². The predicted molar refractivity (Wildman–Crippen MR) is 92.3 cm³/mol. The number of hydrogen-bond acceptors (Lipinski definition) is 3. The lowest BCUT2D eigenvalue weighted by atomic mass is 10.1. The molecular formula is C19H19N3O. The molecule has 23 heavy (non-hydrogen) atoms. The van der Waals surface area contributed by atoms with E-state index in [4.69, 9.17) is 16.6 Å². The van der Waals surface area contributed by atoms with Gasteiger partial charge in [0.2, 0.25) is 0 Å². The Hall–Kier alpha value is -2.98. The fourth-order valence-electron chi connectivity index (χ4n) is 2.22. The van der Waals surface area contributed by atoms with Crippen molar-refractivity contribution < 1.29 is 4.74 Å². The number of nitrogens with zero attached hydrogens (tertiary/aromatic N) is 3. The number of benzene rings is 1. The molecule has 1 aliphatic rings. The summed E-state index contributed by atoms with van der Waals surface area (Å²) in [5, 5.41) is 8.95. The second kappa shape index (κ2) is 7.87. The monoisotopic (exact) mass is 305 g/mol. The molecular weight excluding hydrogens is 286 g/mol. The number of allylic oxidation sites excluding steroid dienone is 3. The molecule has 0 bridgehead atoms. The maximum absolute atomic E-state index is 8.95. The van der Waals surface area contributed by atoms with Crippen LogP contribution in [0.1, 0.15) is 18.9 Å². The molecule has 0 aromatic heterocycles. The van der Waals surface area contributed by atoms with Crippen LogP contribution in [0.5, 0.6) is 0 Å². The highest BCUT2D eigenvalue weighted by Gasteiger charge is 2.11. The van der Waals surface area contributed by atoms with Crippen molar-refractivity contribution in [1.82, 2.24) is 0 Å². The highest BCUT2D eigenvalue weighted by Crippen LogP contribution is 2.22. The first-order chi connectivity index (χ1) is 11.2. The average Bonchev–Trinajstić information content (AvgIpc) is 2.61. The maximum atomic E-state index is 8.95. The Morgan fingerprint density at radius 3 is 2.74 bits per heavy atom. The van der Waals surface area contributed by atoms with Crippen molar-refractivity contribution in [3.05, 3.63) is 70.4 Å². The molecule has 1 aromatic carbocycles. The zero-order chi connectivity index (χ0) is 16.7. The highest BCUT2D eigenvalue weighted by molar-refractivity contribution is 5.58. The van der Waals surface area contributed by atoms with Crippen molar-refractivity contribution in [3.8, 4) is 6.07 Å². The molecule has 1 heterocycles. The van der Waals surface area contributed by atoms with Gasteiger partial charge in [-0.1, -0.05) is 18.2 Å². The van der Waals surface area contributed by atoms with E-state index in [1.807, 2.05) is 18.2 Å². The van der Waals surface area contributed by atoms with E-state index >= 15 is 0 Å². The summed E-state index contributed by atoms with van der Waals surface area (Å²) in [6, 6.07) is 10.2. The number of nitriles is 1. The summed E-state index contributed by atoms with van der Waals surface area (Å²) >= 11 is 0. The molecule has 4 nitrogen and oxygen atoms in total. The maximum Gasteiger partial charge on any atom is 0.265 e. The highest BCUT2D eigenvalue weighted by atomic mass is 16.5. The van der Waals surface area contributed by atoms with E-state index in [2.05, 4.69) is 48.0 Å². The average molecular weight is 305 g/mol. The molecule has 1 aromatic rings. The lowest BCUT2D eigenvalue weighted by Gasteiger charge is -2.16. The molecule has 0 amide bonds. The number of anilines is 1.